The van der Waals surface area contributed by atoms with Gasteiger partial charge in [0.05, 0.1) is 13.3 Å². The molecular formula is C9H9F3N2O4. The molecule has 0 unspecified atom stereocenters. The second-order valence-electron chi connectivity index (χ2n) is 3.04. The Bertz CT molecular complexity index is 462. The van der Waals surface area contributed by atoms with Crippen molar-refractivity contribution in [2.45, 2.75) is 12.9 Å². The molecule has 1 rings (SSSR count). The summed E-state index contributed by atoms with van der Waals surface area (Å²) < 4.78 is 44.7. The maximum atomic E-state index is 12.1. The summed E-state index contributed by atoms with van der Waals surface area (Å²) in [6.45, 7) is -0.354. The van der Waals surface area contributed by atoms with Crippen molar-refractivity contribution in [1.29, 1.82) is 0 Å². The molecule has 0 radical (unpaired) electrons. The zero-order valence-electron chi connectivity index (χ0n) is 9.11. The molecule has 0 aliphatic carbocycles. The smallest absolute Gasteiger partial charge is 0.492 e. The minimum absolute atomic E-state index is 0.174. The van der Waals surface area contributed by atoms with Crippen molar-refractivity contribution in [2.75, 3.05) is 7.11 Å². The molecule has 1 aromatic rings. The molecule has 1 heterocycles. The molecule has 0 atom stereocenters. The lowest BCUT2D eigenvalue weighted by Gasteiger charge is -2.15. The van der Waals surface area contributed by atoms with E-state index >= 15 is 0 Å². The number of methoxy groups -OCH3 is 1. The van der Waals surface area contributed by atoms with E-state index < -0.39 is 29.5 Å². The highest BCUT2D eigenvalue weighted by molar-refractivity contribution is 5.88. The first-order valence-electron chi connectivity index (χ1n) is 4.55. The maximum Gasteiger partial charge on any atom is 0.573 e. The number of nitrogens with two attached hydrogens (primary N) is 1. The highest BCUT2D eigenvalue weighted by Gasteiger charge is 2.34. The van der Waals surface area contributed by atoms with Crippen LogP contribution >= 0.6 is 0 Å². The van der Waals surface area contributed by atoms with Gasteiger partial charge in [0, 0.05) is 12.1 Å². The van der Waals surface area contributed by atoms with E-state index in [1.54, 1.807) is 0 Å². The number of rotatable bonds is 4. The number of carbonyl (C=O) groups is 1. The number of aromatic carboxylic acids is 1. The number of aromatic nitrogens is 1. The van der Waals surface area contributed by atoms with Crippen LogP contribution < -0.4 is 15.2 Å². The fourth-order valence-corrected chi connectivity index (χ4v) is 1.31. The lowest BCUT2D eigenvalue weighted by molar-refractivity contribution is -0.275. The minimum atomic E-state index is -4.94. The fraction of sp³-hybridized carbons (Fsp3) is 0.333. The standard InChI is InChI=1S/C9H9F3N2O4/c1-17-7-4(2-13)6(8(15)16)14-3-5(7)18-9(10,11)12/h3H,2,13H2,1H3,(H,15,16). The highest BCUT2D eigenvalue weighted by Crippen LogP contribution is 2.35. The van der Waals surface area contributed by atoms with E-state index in [2.05, 4.69) is 9.72 Å². The Morgan fingerprint density at radius 3 is 2.56 bits per heavy atom. The van der Waals surface area contributed by atoms with Crippen LogP contribution in [0.2, 0.25) is 0 Å². The van der Waals surface area contributed by atoms with Crippen molar-refractivity contribution in [2.24, 2.45) is 5.73 Å². The van der Waals surface area contributed by atoms with E-state index in [0.29, 0.717) is 6.20 Å². The summed E-state index contributed by atoms with van der Waals surface area (Å²) in [6, 6.07) is 0. The van der Waals surface area contributed by atoms with Crippen molar-refractivity contribution in [3.05, 3.63) is 17.5 Å². The predicted molar refractivity (Wildman–Crippen MR) is 52.3 cm³/mol. The van der Waals surface area contributed by atoms with Crippen LogP contribution in [-0.2, 0) is 6.54 Å². The third kappa shape index (κ3) is 3.00. The summed E-state index contributed by atoms with van der Waals surface area (Å²) in [5.74, 6) is -2.56. The Labute approximate surface area is 99.1 Å². The van der Waals surface area contributed by atoms with Gasteiger partial charge in [-0.25, -0.2) is 9.78 Å². The summed E-state index contributed by atoms with van der Waals surface area (Å²) in [7, 11) is 1.07. The van der Waals surface area contributed by atoms with Gasteiger partial charge in [0.25, 0.3) is 0 Å². The van der Waals surface area contributed by atoms with Crippen molar-refractivity contribution < 1.29 is 32.5 Å². The van der Waals surface area contributed by atoms with E-state index in [1.807, 2.05) is 0 Å². The zero-order chi connectivity index (χ0) is 13.9. The number of carboxylic acid groups (broad SMARTS) is 1. The maximum absolute atomic E-state index is 12.1. The molecule has 9 heteroatoms. The Balaban J connectivity index is 3.34. The molecule has 0 amide bonds. The molecule has 1 aromatic heterocycles. The van der Waals surface area contributed by atoms with Gasteiger partial charge in [0.2, 0.25) is 0 Å². The Hall–Kier alpha value is -2.03. The number of alkyl halides is 3. The second-order valence-corrected chi connectivity index (χ2v) is 3.04. The largest absolute Gasteiger partial charge is 0.573 e. The van der Waals surface area contributed by atoms with E-state index in [4.69, 9.17) is 15.6 Å². The van der Waals surface area contributed by atoms with Gasteiger partial charge in [-0.2, -0.15) is 0 Å². The van der Waals surface area contributed by atoms with Crippen LogP contribution in [0.3, 0.4) is 0 Å². The quantitative estimate of drug-likeness (QED) is 0.848. The molecule has 18 heavy (non-hydrogen) atoms. The molecule has 0 aromatic carbocycles. The van der Waals surface area contributed by atoms with Crippen LogP contribution in [0.15, 0.2) is 6.20 Å². The summed E-state index contributed by atoms with van der Waals surface area (Å²) in [4.78, 5) is 14.2. The third-order valence-corrected chi connectivity index (χ3v) is 1.93. The first kappa shape index (κ1) is 14.0. The molecule has 0 aliphatic heterocycles. The van der Waals surface area contributed by atoms with E-state index in [0.717, 1.165) is 7.11 Å². The monoisotopic (exact) mass is 266 g/mol. The van der Waals surface area contributed by atoms with Crippen LogP contribution in [-0.4, -0.2) is 29.5 Å². The molecule has 0 bridgehead atoms. The van der Waals surface area contributed by atoms with E-state index in [1.165, 1.54) is 0 Å². The number of nitrogens with zero attached hydrogens (tertiary/aromatic N) is 1. The topological polar surface area (TPSA) is 94.7 Å². The lowest BCUT2D eigenvalue weighted by atomic mass is 10.1. The summed E-state index contributed by atoms with van der Waals surface area (Å²) in [5.41, 5.74) is 4.62. The molecule has 0 spiro atoms. The first-order chi connectivity index (χ1) is 8.30. The average molecular weight is 266 g/mol. The number of ether oxygens (including phenoxy) is 2. The molecule has 100 valence electrons. The summed E-state index contributed by atoms with van der Waals surface area (Å²) in [5, 5.41) is 8.80. The normalized spacial score (nSPS) is 11.2. The van der Waals surface area contributed by atoms with Crippen molar-refractivity contribution in [1.82, 2.24) is 4.98 Å². The molecule has 0 fully saturated rings. The predicted octanol–water partition coefficient (Wildman–Crippen LogP) is 1.15. The third-order valence-electron chi connectivity index (χ3n) is 1.93. The van der Waals surface area contributed by atoms with Crippen molar-refractivity contribution in [3.8, 4) is 11.5 Å². The number of hydrogen-bond donors (Lipinski definition) is 2. The van der Waals surface area contributed by atoms with Gasteiger partial charge in [-0.3, -0.25) is 0 Å². The number of carboxylic acids is 1. The van der Waals surface area contributed by atoms with Gasteiger partial charge < -0.3 is 20.3 Å². The van der Waals surface area contributed by atoms with Crippen molar-refractivity contribution >= 4 is 5.97 Å². The van der Waals surface area contributed by atoms with E-state index in [-0.39, 0.29) is 12.1 Å². The first-order valence-corrected chi connectivity index (χ1v) is 4.55. The van der Waals surface area contributed by atoms with Crippen LogP contribution in [0, 0.1) is 0 Å². The van der Waals surface area contributed by atoms with Crippen LogP contribution in [0.4, 0.5) is 13.2 Å². The van der Waals surface area contributed by atoms with Crippen LogP contribution in [0.25, 0.3) is 0 Å². The number of halogens is 3. The van der Waals surface area contributed by atoms with Gasteiger partial charge >= 0.3 is 12.3 Å². The summed E-state index contributed by atoms with van der Waals surface area (Å²) in [6.07, 6.45) is -4.32. The molecule has 0 aliphatic rings. The Morgan fingerprint density at radius 2 is 2.17 bits per heavy atom. The highest BCUT2D eigenvalue weighted by atomic mass is 19.4. The molecule has 6 nitrogen and oxygen atoms in total. The summed E-state index contributed by atoms with van der Waals surface area (Å²) >= 11 is 0. The minimum Gasteiger partial charge on any atom is -0.492 e. The second kappa shape index (κ2) is 5.08. The van der Waals surface area contributed by atoms with Crippen LogP contribution in [0.1, 0.15) is 16.1 Å². The molecular weight excluding hydrogens is 257 g/mol. The Morgan fingerprint density at radius 1 is 1.56 bits per heavy atom. The fourth-order valence-electron chi connectivity index (χ4n) is 1.31. The lowest BCUT2D eigenvalue weighted by Crippen LogP contribution is -2.19. The molecule has 0 saturated carbocycles. The Kier molecular flexibility index (Phi) is 3.96. The van der Waals surface area contributed by atoms with Gasteiger partial charge in [-0.05, 0) is 0 Å². The SMILES string of the molecule is COc1c(OC(F)(F)F)cnc(C(=O)O)c1CN. The molecule has 3 N–H and O–H groups in total. The average Bonchev–Trinajstić information content (AvgIpc) is 2.25. The van der Waals surface area contributed by atoms with Gasteiger partial charge in [-0.1, -0.05) is 0 Å². The molecule has 0 saturated heterocycles. The number of hydrogen-bond acceptors (Lipinski definition) is 5. The van der Waals surface area contributed by atoms with Gasteiger partial charge in [0.15, 0.2) is 17.2 Å². The van der Waals surface area contributed by atoms with E-state index in [9.17, 15) is 18.0 Å². The van der Waals surface area contributed by atoms with Gasteiger partial charge in [0.1, 0.15) is 0 Å². The number of pyridine rings is 1. The van der Waals surface area contributed by atoms with Crippen LogP contribution in [0.5, 0.6) is 11.5 Å². The van der Waals surface area contributed by atoms with Crippen molar-refractivity contribution in [3.63, 3.8) is 0 Å². The zero-order valence-corrected chi connectivity index (χ0v) is 9.11. The van der Waals surface area contributed by atoms with Gasteiger partial charge in [-0.15, -0.1) is 13.2 Å².